The Balaban J connectivity index is 3.49. The SMILES string of the molecule is CC(O)CNC(=O)COCC(=O)NCC(C)O. The van der Waals surface area contributed by atoms with E-state index in [2.05, 4.69) is 10.6 Å². The second-order valence-corrected chi connectivity index (χ2v) is 3.80. The van der Waals surface area contributed by atoms with Crippen molar-refractivity contribution in [3.63, 3.8) is 0 Å². The Labute approximate surface area is 100 Å². The fraction of sp³-hybridized carbons (Fsp3) is 0.800. The van der Waals surface area contributed by atoms with Gasteiger partial charge in [-0.2, -0.15) is 0 Å². The van der Waals surface area contributed by atoms with Gasteiger partial charge in [0.05, 0.1) is 12.2 Å². The van der Waals surface area contributed by atoms with Crippen LogP contribution in [0.4, 0.5) is 0 Å². The van der Waals surface area contributed by atoms with E-state index in [9.17, 15) is 9.59 Å². The number of aliphatic hydroxyl groups excluding tert-OH is 2. The monoisotopic (exact) mass is 248 g/mol. The standard InChI is InChI=1S/C10H20N2O5/c1-7(13)3-11-9(15)5-17-6-10(16)12-4-8(2)14/h7-8,13-14H,3-6H2,1-2H3,(H,11,15)(H,12,16). The van der Waals surface area contributed by atoms with Crippen LogP contribution < -0.4 is 10.6 Å². The highest BCUT2D eigenvalue weighted by Gasteiger charge is 2.06. The van der Waals surface area contributed by atoms with Crippen LogP contribution in [0, 0.1) is 0 Å². The maximum Gasteiger partial charge on any atom is 0.246 e. The molecule has 0 fully saturated rings. The molecule has 0 heterocycles. The Hall–Kier alpha value is -1.18. The van der Waals surface area contributed by atoms with Gasteiger partial charge < -0.3 is 25.6 Å². The molecule has 0 aromatic rings. The van der Waals surface area contributed by atoms with Crippen molar-refractivity contribution < 1.29 is 24.5 Å². The lowest BCUT2D eigenvalue weighted by molar-refractivity contribution is -0.131. The van der Waals surface area contributed by atoms with Gasteiger partial charge >= 0.3 is 0 Å². The molecule has 0 saturated carbocycles. The molecule has 0 rings (SSSR count). The van der Waals surface area contributed by atoms with Gasteiger partial charge in [0.2, 0.25) is 11.8 Å². The van der Waals surface area contributed by atoms with E-state index >= 15 is 0 Å². The van der Waals surface area contributed by atoms with E-state index in [0.29, 0.717) is 0 Å². The summed E-state index contributed by atoms with van der Waals surface area (Å²) in [6.45, 7) is 2.91. The Morgan fingerprint density at radius 3 is 1.65 bits per heavy atom. The zero-order chi connectivity index (χ0) is 13.3. The van der Waals surface area contributed by atoms with Gasteiger partial charge in [0.1, 0.15) is 13.2 Å². The summed E-state index contributed by atoms with van der Waals surface area (Å²) in [5.74, 6) is -0.788. The molecule has 2 atom stereocenters. The number of hydrogen-bond donors (Lipinski definition) is 4. The number of carbonyl (C=O) groups excluding carboxylic acids is 2. The predicted molar refractivity (Wildman–Crippen MR) is 60.2 cm³/mol. The van der Waals surface area contributed by atoms with Gasteiger partial charge in [0.15, 0.2) is 0 Å². The molecule has 4 N–H and O–H groups in total. The molecule has 0 bridgehead atoms. The van der Waals surface area contributed by atoms with Crippen LogP contribution in [0.25, 0.3) is 0 Å². The number of rotatable bonds is 8. The lowest BCUT2D eigenvalue weighted by atomic mass is 10.4. The normalized spacial score (nSPS) is 13.9. The van der Waals surface area contributed by atoms with Crippen molar-refractivity contribution in [3.05, 3.63) is 0 Å². The summed E-state index contributed by atoms with van der Waals surface area (Å²) in [6, 6.07) is 0. The maximum absolute atomic E-state index is 11.1. The molecular weight excluding hydrogens is 228 g/mol. The van der Waals surface area contributed by atoms with Crippen LogP contribution in [-0.4, -0.2) is 60.5 Å². The fourth-order valence-electron chi connectivity index (χ4n) is 0.862. The minimum atomic E-state index is -0.617. The Morgan fingerprint density at radius 1 is 1.00 bits per heavy atom. The third-order valence-electron chi connectivity index (χ3n) is 1.66. The summed E-state index contributed by atoms with van der Waals surface area (Å²) in [4.78, 5) is 22.2. The number of hydrogen-bond acceptors (Lipinski definition) is 5. The van der Waals surface area contributed by atoms with Crippen molar-refractivity contribution in [1.29, 1.82) is 0 Å². The van der Waals surface area contributed by atoms with Crippen LogP contribution >= 0.6 is 0 Å². The second-order valence-electron chi connectivity index (χ2n) is 3.80. The van der Waals surface area contributed by atoms with Crippen LogP contribution in [0.15, 0.2) is 0 Å². The summed E-state index contributed by atoms with van der Waals surface area (Å²) in [6.07, 6.45) is -1.23. The summed E-state index contributed by atoms with van der Waals surface area (Å²) in [5, 5.41) is 22.6. The summed E-state index contributed by atoms with van der Waals surface area (Å²) in [7, 11) is 0. The highest BCUT2D eigenvalue weighted by Crippen LogP contribution is 1.80. The van der Waals surface area contributed by atoms with Crippen molar-refractivity contribution in [2.24, 2.45) is 0 Å². The highest BCUT2D eigenvalue weighted by atomic mass is 16.5. The molecule has 0 aliphatic heterocycles. The molecule has 2 unspecified atom stereocenters. The van der Waals surface area contributed by atoms with Crippen LogP contribution in [0.3, 0.4) is 0 Å². The van der Waals surface area contributed by atoms with Crippen molar-refractivity contribution >= 4 is 11.8 Å². The molecular formula is C10H20N2O5. The van der Waals surface area contributed by atoms with E-state index in [-0.39, 0.29) is 26.3 Å². The minimum absolute atomic E-state index is 0.149. The van der Waals surface area contributed by atoms with E-state index in [4.69, 9.17) is 14.9 Å². The number of carbonyl (C=O) groups is 2. The van der Waals surface area contributed by atoms with Gasteiger partial charge in [-0.05, 0) is 13.8 Å². The zero-order valence-corrected chi connectivity index (χ0v) is 10.1. The molecule has 7 nitrogen and oxygen atoms in total. The quantitative estimate of drug-likeness (QED) is 0.397. The molecule has 0 aromatic heterocycles. The zero-order valence-electron chi connectivity index (χ0n) is 10.1. The molecule has 7 heteroatoms. The summed E-state index contributed by atoms with van der Waals surface area (Å²) < 4.78 is 4.83. The van der Waals surface area contributed by atoms with Crippen molar-refractivity contribution in [1.82, 2.24) is 10.6 Å². The molecule has 0 aromatic carbocycles. The van der Waals surface area contributed by atoms with Crippen LogP contribution in [0.5, 0.6) is 0 Å². The minimum Gasteiger partial charge on any atom is -0.392 e. The van der Waals surface area contributed by atoms with E-state index in [0.717, 1.165) is 0 Å². The molecule has 0 aliphatic rings. The van der Waals surface area contributed by atoms with E-state index in [1.807, 2.05) is 0 Å². The third kappa shape index (κ3) is 11.1. The summed E-state index contributed by atoms with van der Waals surface area (Å²) in [5.41, 5.74) is 0. The number of nitrogens with one attached hydrogen (secondary N) is 2. The molecule has 0 aliphatic carbocycles. The first-order valence-electron chi connectivity index (χ1n) is 5.39. The fourth-order valence-corrected chi connectivity index (χ4v) is 0.862. The van der Waals surface area contributed by atoms with Gasteiger partial charge in [-0.25, -0.2) is 0 Å². The number of aliphatic hydroxyl groups is 2. The predicted octanol–water partition coefficient (Wildman–Crippen LogP) is -2.00. The first kappa shape index (κ1) is 15.8. The van der Waals surface area contributed by atoms with Crippen LogP contribution in [0.2, 0.25) is 0 Å². The van der Waals surface area contributed by atoms with Crippen LogP contribution in [0.1, 0.15) is 13.8 Å². The van der Waals surface area contributed by atoms with Gasteiger partial charge in [0.25, 0.3) is 0 Å². The van der Waals surface area contributed by atoms with Crippen molar-refractivity contribution in [3.8, 4) is 0 Å². The van der Waals surface area contributed by atoms with E-state index in [1.165, 1.54) is 0 Å². The molecule has 0 spiro atoms. The average Bonchev–Trinajstić information content (AvgIpc) is 2.23. The average molecular weight is 248 g/mol. The Morgan fingerprint density at radius 2 is 1.35 bits per heavy atom. The van der Waals surface area contributed by atoms with Gasteiger partial charge in [-0.3, -0.25) is 9.59 Å². The van der Waals surface area contributed by atoms with Gasteiger partial charge in [0, 0.05) is 13.1 Å². The summed E-state index contributed by atoms with van der Waals surface area (Å²) >= 11 is 0. The first-order chi connectivity index (χ1) is 7.91. The third-order valence-corrected chi connectivity index (χ3v) is 1.66. The number of amides is 2. The lowest BCUT2D eigenvalue weighted by Crippen LogP contribution is -2.36. The Kier molecular flexibility index (Phi) is 8.29. The topological polar surface area (TPSA) is 108 Å². The van der Waals surface area contributed by atoms with Crippen molar-refractivity contribution in [2.45, 2.75) is 26.1 Å². The molecule has 0 radical (unpaired) electrons. The Bertz CT molecular complexity index is 219. The van der Waals surface area contributed by atoms with Crippen LogP contribution in [-0.2, 0) is 14.3 Å². The van der Waals surface area contributed by atoms with Gasteiger partial charge in [-0.1, -0.05) is 0 Å². The second kappa shape index (κ2) is 8.91. The highest BCUT2D eigenvalue weighted by molar-refractivity contribution is 5.79. The maximum atomic E-state index is 11.1. The molecule has 17 heavy (non-hydrogen) atoms. The van der Waals surface area contributed by atoms with Gasteiger partial charge in [-0.15, -0.1) is 0 Å². The molecule has 2 amide bonds. The molecule has 100 valence electrons. The largest absolute Gasteiger partial charge is 0.392 e. The lowest BCUT2D eigenvalue weighted by Gasteiger charge is -2.09. The number of ether oxygens (including phenoxy) is 1. The first-order valence-corrected chi connectivity index (χ1v) is 5.39. The van der Waals surface area contributed by atoms with Crippen molar-refractivity contribution in [2.75, 3.05) is 26.3 Å². The smallest absolute Gasteiger partial charge is 0.246 e. The van der Waals surface area contributed by atoms with E-state index in [1.54, 1.807) is 13.8 Å². The van der Waals surface area contributed by atoms with E-state index < -0.39 is 24.0 Å². The molecule has 0 saturated heterocycles.